The monoisotopic (exact) mass is 379 g/mol. The number of aryl methyl sites for hydroxylation is 2. The fourth-order valence-corrected chi connectivity index (χ4v) is 3.03. The van der Waals surface area contributed by atoms with Crippen LogP contribution in [0.2, 0.25) is 0 Å². The lowest BCUT2D eigenvalue weighted by molar-refractivity contribution is -0.159. The highest BCUT2D eigenvalue weighted by molar-refractivity contribution is 5.47. The standard InChI is InChI=1S/C13H12F2N2O.C8H19N/c1-8-5-9(2)17(16-8)11-4-3-10-7-13(14,15)18-12(10)6-11;1-3-5-6-8-9-7-4-2/h3-6H,7H2,1-2H3;9H,3-8H2,1-2H3. The second-order valence-electron chi connectivity index (χ2n) is 7.00. The lowest BCUT2D eigenvalue weighted by Crippen LogP contribution is -2.20. The van der Waals surface area contributed by atoms with Gasteiger partial charge < -0.3 is 10.1 Å². The van der Waals surface area contributed by atoms with E-state index in [0.717, 1.165) is 17.1 Å². The van der Waals surface area contributed by atoms with Crippen molar-refractivity contribution in [3.63, 3.8) is 0 Å². The summed E-state index contributed by atoms with van der Waals surface area (Å²) in [5.41, 5.74) is 3.11. The van der Waals surface area contributed by atoms with Crippen LogP contribution >= 0.6 is 0 Å². The summed E-state index contributed by atoms with van der Waals surface area (Å²) < 4.78 is 32.6. The van der Waals surface area contributed by atoms with Crippen LogP contribution in [-0.4, -0.2) is 29.0 Å². The van der Waals surface area contributed by atoms with Crippen molar-refractivity contribution in [2.45, 2.75) is 65.9 Å². The van der Waals surface area contributed by atoms with Gasteiger partial charge in [0, 0.05) is 17.3 Å². The number of fused-ring (bicyclic) bond motifs is 1. The summed E-state index contributed by atoms with van der Waals surface area (Å²) in [4.78, 5) is 0. The number of nitrogens with zero attached hydrogens (tertiary/aromatic N) is 2. The molecule has 0 atom stereocenters. The third-order valence-electron chi connectivity index (χ3n) is 4.34. The number of nitrogens with one attached hydrogen (secondary N) is 1. The second kappa shape index (κ2) is 9.83. The van der Waals surface area contributed by atoms with Crippen molar-refractivity contribution in [1.29, 1.82) is 0 Å². The van der Waals surface area contributed by atoms with Crippen molar-refractivity contribution in [3.8, 4) is 11.4 Å². The molecule has 27 heavy (non-hydrogen) atoms. The van der Waals surface area contributed by atoms with Crippen molar-refractivity contribution in [2.24, 2.45) is 0 Å². The number of hydrogen-bond donors (Lipinski definition) is 1. The third-order valence-corrected chi connectivity index (χ3v) is 4.34. The first-order valence-electron chi connectivity index (χ1n) is 9.80. The van der Waals surface area contributed by atoms with E-state index in [2.05, 4.69) is 29.0 Å². The minimum absolute atomic E-state index is 0.241. The first kappa shape index (κ1) is 21.4. The Labute approximate surface area is 160 Å². The molecule has 0 fully saturated rings. The average molecular weight is 379 g/mol. The second-order valence-corrected chi connectivity index (χ2v) is 7.00. The predicted octanol–water partition coefficient (Wildman–Crippen LogP) is 5.19. The molecule has 0 unspecified atom stereocenters. The molecule has 0 aliphatic carbocycles. The van der Waals surface area contributed by atoms with E-state index in [0.29, 0.717) is 5.56 Å². The van der Waals surface area contributed by atoms with Crippen LogP contribution in [0.1, 0.15) is 56.5 Å². The van der Waals surface area contributed by atoms with E-state index in [9.17, 15) is 8.78 Å². The van der Waals surface area contributed by atoms with Gasteiger partial charge in [-0.3, -0.25) is 0 Å². The summed E-state index contributed by atoms with van der Waals surface area (Å²) >= 11 is 0. The maximum absolute atomic E-state index is 13.1. The van der Waals surface area contributed by atoms with E-state index >= 15 is 0 Å². The summed E-state index contributed by atoms with van der Waals surface area (Å²) in [7, 11) is 0. The van der Waals surface area contributed by atoms with Crippen LogP contribution in [0.5, 0.6) is 5.75 Å². The quantitative estimate of drug-likeness (QED) is 0.673. The van der Waals surface area contributed by atoms with Crippen LogP contribution in [0.25, 0.3) is 5.69 Å². The summed E-state index contributed by atoms with van der Waals surface area (Å²) in [6, 6.07) is 6.99. The van der Waals surface area contributed by atoms with Gasteiger partial charge in [-0.15, -0.1) is 0 Å². The molecule has 4 nitrogen and oxygen atoms in total. The van der Waals surface area contributed by atoms with Gasteiger partial charge in [-0.05, 0) is 51.9 Å². The minimum atomic E-state index is -3.09. The van der Waals surface area contributed by atoms with Gasteiger partial charge in [0.25, 0.3) is 0 Å². The maximum Gasteiger partial charge on any atom is 0.402 e. The SMILES string of the molecule is CCCCCNCCC.Cc1cc(C)n(-c2ccc3c(c2)OC(F)(F)C3)n1. The highest BCUT2D eigenvalue weighted by atomic mass is 19.3. The fourth-order valence-electron chi connectivity index (χ4n) is 3.03. The molecule has 1 N–H and O–H groups in total. The predicted molar refractivity (Wildman–Crippen MR) is 105 cm³/mol. The molecule has 3 rings (SSSR count). The van der Waals surface area contributed by atoms with Gasteiger partial charge >= 0.3 is 6.11 Å². The maximum atomic E-state index is 13.1. The molecule has 0 bridgehead atoms. The van der Waals surface area contributed by atoms with E-state index in [1.807, 2.05) is 19.9 Å². The number of benzene rings is 1. The molecule has 6 heteroatoms. The van der Waals surface area contributed by atoms with E-state index in [4.69, 9.17) is 0 Å². The van der Waals surface area contributed by atoms with Crippen LogP contribution in [0, 0.1) is 13.8 Å². The molecular formula is C21H31F2N3O. The number of rotatable bonds is 7. The van der Waals surface area contributed by atoms with Gasteiger partial charge in [0.05, 0.1) is 17.8 Å². The molecule has 1 aliphatic heterocycles. The van der Waals surface area contributed by atoms with Crippen LogP contribution in [-0.2, 0) is 6.42 Å². The van der Waals surface area contributed by atoms with Crippen LogP contribution in [0.15, 0.2) is 24.3 Å². The number of halogens is 2. The summed E-state index contributed by atoms with van der Waals surface area (Å²) in [5, 5.41) is 7.69. The Bertz CT molecular complexity index is 722. The minimum Gasteiger partial charge on any atom is -0.432 e. The number of aromatic nitrogens is 2. The molecule has 150 valence electrons. The topological polar surface area (TPSA) is 39.1 Å². The molecule has 1 aromatic carbocycles. The molecule has 0 saturated heterocycles. The molecule has 2 heterocycles. The van der Waals surface area contributed by atoms with Crippen molar-refractivity contribution in [3.05, 3.63) is 41.2 Å². The van der Waals surface area contributed by atoms with E-state index in [1.54, 1.807) is 22.9 Å². The van der Waals surface area contributed by atoms with Gasteiger partial charge in [-0.25, -0.2) is 4.68 Å². The van der Waals surface area contributed by atoms with Gasteiger partial charge in [0.1, 0.15) is 5.75 Å². The molecule has 0 saturated carbocycles. The Morgan fingerprint density at radius 1 is 1.11 bits per heavy atom. The Hall–Kier alpha value is -1.95. The third kappa shape index (κ3) is 6.31. The molecular weight excluding hydrogens is 348 g/mol. The smallest absolute Gasteiger partial charge is 0.402 e. The Balaban J connectivity index is 0.000000249. The lowest BCUT2D eigenvalue weighted by atomic mass is 10.1. The number of ether oxygens (including phenoxy) is 1. The Morgan fingerprint density at radius 3 is 2.52 bits per heavy atom. The van der Waals surface area contributed by atoms with E-state index < -0.39 is 6.11 Å². The fraction of sp³-hybridized carbons (Fsp3) is 0.571. The lowest BCUT2D eigenvalue weighted by Gasteiger charge is -2.08. The van der Waals surface area contributed by atoms with Crippen LogP contribution in [0.4, 0.5) is 8.78 Å². The highest BCUT2D eigenvalue weighted by Crippen LogP contribution is 2.38. The van der Waals surface area contributed by atoms with Crippen molar-refractivity contribution in [1.82, 2.24) is 15.1 Å². The highest BCUT2D eigenvalue weighted by Gasteiger charge is 2.39. The molecule has 1 aliphatic rings. The van der Waals surface area contributed by atoms with Crippen molar-refractivity contribution >= 4 is 0 Å². The van der Waals surface area contributed by atoms with Gasteiger partial charge in [0.15, 0.2) is 0 Å². The molecule has 0 spiro atoms. The van der Waals surface area contributed by atoms with Gasteiger partial charge in [-0.2, -0.15) is 13.9 Å². The van der Waals surface area contributed by atoms with Gasteiger partial charge in [-0.1, -0.05) is 32.8 Å². The number of hydrogen-bond acceptors (Lipinski definition) is 3. The Morgan fingerprint density at radius 2 is 1.89 bits per heavy atom. The van der Waals surface area contributed by atoms with Gasteiger partial charge in [0.2, 0.25) is 0 Å². The molecule has 0 amide bonds. The molecule has 2 aromatic rings. The summed E-state index contributed by atoms with van der Waals surface area (Å²) in [6.07, 6.45) is 1.85. The molecule has 0 radical (unpaired) electrons. The van der Waals surface area contributed by atoms with Crippen molar-refractivity contribution < 1.29 is 13.5 Å². The number of unbranched alkanes of at least 4 members (excludes halogenated alkanes) is 2. The normalized spacial score (nSPS) is 14.3. The molecule has 1 aromatic heterocycles. The van der Waals surface area contributed by atoms with Crippen LogP contribution < -0.4 is 10.1 Å². The summed E-state index contributed by atoms with van der Waals surface area (Å²) in [5.74, 6) is 0.241. The van der Waals surface area contributed by atoms with E-state index in [-0.39, 0.29) is 12.2 Å². The van der Waals surface area contributed by atoms with E-state index in [1.165, 1.54) is 38.8 Å². The zero-order chi connectivity index (χ0) is 19.9. The van der Waals surface area contributed by atoms with Crippen LogP contribution in [0.3, 0.4) is 0 Å². The first-order chi connectivity index (χ1) is 12.9. The zero-order valence-corrected chi connectivity index (χ0v) is 16.8. The average Bonchev–Trinajstić information content (AvgIpc) is 3.11. The Kier molecular flexibility index (Phi) is 7.78. The largest absolute Gasteiger partial charge is 0.432 e. The number of alkyl halides is 2. The van der Waals surface area contributed by atoms with Crippen molar-refractivity contribution in [2.75, 3.05) is 13.1 Å². The summed E-state index contributed by atoms with van der Waals surface area (Å²) in [6.45, 7) is 10.6. The first-order valence-corrected chi connectivity index (χ1v) is 9.80. The zero-order valence-electron chi connectivity index (χ0n) is 16.8.